The Balaban J connectivity index is 3.25. The molecule has 4 nitrogen and oxygen atoms in total. The lowest BCUT2D eigenvalue weighted by atomic mass is 10.1. The van der Waals surface area contributed by atoms with Gasteiger partial charge in [-0.05, 0) is 25.7 Å². The average Bonchev–Trinajstić information content (AvgIpc) is 2.81. The number of hydrogen-bond acceptors (Lipinski definition) is 4. The maximum absolute atomic E-state index is 11.8. The summed E-state index contributed by atoms with van der Waals surface area (Å²) >= 11 is 0. The Hall–Kier alpha value is -1.06. The van der Waals surface area contributed by atoms with Gasteiger partial charge in [-0.3, -0.25) is 9.59 Å². The van der Waals surface area contributed by atoms with E-state index in [4.69, 9.17) is 9.47 Å². The molecular weight excluding hydrogens is 412 g/mol. The predicted octanol–water partition coefficient (Wildman–Crippen LogP) is 9.08. The Kier molecular flexibility index (Phi) is 26.3. The highest BCUT2D eigenvalue weighted by Crippen LogP contribution is 2.12. The number of rotatable bonds is 26. The molecule has 0 aromatic heterocycles. The minimum absolute atomic E-state index is 0.0392. The van der Waals surface area contributed by atoms with Gasteiger partial charge in [0, 0.05) is 12.8 Å². The SMILES string of the molecule is CCCCCCCCCCCOC(=O)CCCCCCCCC(=O)OCCCCCCCC. The summed E-state index contributed by atoms with van der Waals surface area (Å²) in [6.45, 7) is 5.64. The zero-order valence-electron chi connectivity index (χ0n) is 22.3. The van der Waals surface area contributed by atoms with Crippen LogP contribution in [0.2, 0.25) is 0 Å². The van der Waals surface area contributed by atoms with Crippen LogP contribution in [0, 0.1) is 0 Å². The molecule has 0 atom stereocenters. The third kappa shape index (κ3) is 27.1. The van der Waals surface area contributed by atoms with E-state index in [1.54, 1.807) is 0 Å². The molecule has 0 saturated carbocycles. The van der Waals surface area contributed by atoms with Crippen LogP contribution in [-0.2, 0) is 19.1 Å². The summed E-state index contributed by atoms with van der Waals surface area (Å²) in [5.74, 6) is -0.0825. The Bertz CT molecular complexity index is 422. The van der Waals surface area contributed by atoms with Crippen LogP contribution in [0.25, 0.3) is 0 Å². The summed E-state index contributed by atoms with van der Waals surface area (Å²) < 4.78 is 10.7. The molecule has 196 valence electrons. The lowest BCUT2D eigenvalue weighted by molar-refractivity contribution is -0.144. The van der Waals surface area contributed by atoms with Crippen molar-refractivity contribution in [3.63, 3.8) is 0 Å². The van der Waals surface area contributed by atoms with Gasteiger partial charge in [0.1, 0.15) is 0 Å². The fourth-order valence-electron chi connectivity index (χ4n) is 4.06. The molecule has 0 aliphatic heterocycles. The third-order valence-corrected chi connectivity index (χ3v) is 6.28. The maximum Gasteiger partial charge on any atom is 0.305 e. The molecule has 0 N–H and O–H groups in total. The van der Waals surface area contributed by atoms with Crippen LogP contribution in [0.3, 0.4) is 0 Å². The van der Waals surface area contributed by atoms with Gasteiger partial charge in [-0.15, -0.1) is 0 Å². The van der Waals surface area contributed by atoms with E-state index in [1.165, 1.54) is 83.5 Å². The first-order valence-corrected chi connectivity index (χ1v) is 14.5. The number of hydrogen-bond donors (Lipinski definition) is 0. The van der Waals surface area contributed by atoms with Crippen LogP contribution < -0.4 is 0 Å². The van der Waals surface area contributed by atoms with Gasteiger partial charge >= 0.3 is 11.9 Å². The van der Waals surface area contributed by atoms with Gasteiger partial charge in [-0.2, -0.15) is 0 Å². The number of ether oxygens (including phenoxy) is 2. The minimum atomic E-state index is -0.0433. The van der Waals surface area contributed by atoms with Crippen molar-refractivity contribution in [3.05, 3.63) is 0 Å². The summed E-state index contributed by atoms with van der Waals surface area (Å²) in [7, 11) is 0. The summed E-state index contributed by atoms with van der Waals surface area (Å²) in [5.41, 5.74) is 0. The van der Waals surface area contributed by atoms with Crippen molar-refractivity contribution < 1.29 is 19.1 Å². The molecule has 33 heavy (non-hydrogen) atoms. The normalized spacial score (nSPS) is 11.0. The van der Waals surface area contributed by atoms with Crippen molar-refractivity contribution in [3.8, 4) is 0 Å². The predicted molar refractivity (Wildman–Crippen MR) is 139 cm³/mol. The molecule has 0 aromatic rings. The second kappa shape index (κ2) is 27.2. The van der Waals surface area contributed by atoms with Crippen molar-refractivity contribution in [2.75, 3.05) is 13.2 Å². The van der Waals surface area contributed by atoms with E-state index in [0.29, 0.717) is 26.1 Å². The summed E-state index contributed by atoms with van der Waals surface area (Å²) in [6, 6.07) is 0. The number of unbranched alkanes of at least 4 members (excludes halogenated alkanes) is 18. The molecule has 4 heteroatoms. The number of carbonyl (C=O) groups is 2. The van der Waals surface area contributed by atoms with Crippen LogP contribution >= 0.6 is 0 Å². The van der Waals surface area contributed by atoms with E-state index in [-0.39, 0.29) is 11.9 Å². The number of carbonyl (C=O) groups excluding carboxylic acids is 2. The highest BCUT2D eigenvalue weighted by atomic mass is 16.5. The Labute approximate surface area is 206 Å². The van der Waals surface area contributed by atoms with Gasteiger partial charge < -0.3 is 9.47 Å². The Morgan fingerprint density at radius 1 is 0.394 bits per heavy atom. The van der Waals surface area contributed by atoms with Gasteiger partial charge in [-0.25, -0.2) is 0 Å². The minimum Gasteiger partial charge on any atom is -0.466 e. The fraction of sp³-hybridized carbons (Fsp3) is 0.931. The van der Waals surface area contributed by atoms with Gasteiger partial charge in [0.2, 0.25) is 0 Å². The molecule has 0 bridgehead atoms. The zero-order chi connectivity index (χ0) is 24.2. The average molecular weight is 469 g/mol. The first kappa shape index (κ1) is 31.9. The lowest BCUT2D eigenvalue weighted by Gasteiger charge is -2.06. The zero-order valence-corrected chi connectivity index (χ0v) is 22.3. The molecule has 0 heterocycles. The highest BCUT2D eigenvalue weighted by molar-refractivity contribution is 5.69. The highest BCUT2D eigenvalue weighted by Gasteiger charge is 2.04. The first-order valence-electron chi connectivity index (χ1n) is 14.5. The van der Waals surface area contributed by atoms with Crippen molar-refractivity contribution >= 4 is 11.9 Å². The number of esters is 2. The van der Waals surface area contributed by atoms with Crippen molar-refractivity contribution in [2.24, 2.45) is 0 Å². The van der Waals surface area contributed by atoms with Gasteiger partial charge in [0.25, 0.3) is 0 Å². The topological polar surface area (TPSA) is 52.6 Å². The molecule has 0 amide bonds. The van der Waals surface area contributed by atoms with Crippen LogP contribution in [0.15, 0.2) is 0 Å². The smallest absolute Gasteiger partial charge is 0.305 e. The quantitative estimate of drug-likeness (QED) is 0.0938. The van der Waals surface area contributed by atoms with E-state index in [9.17, 15) is 9.59 Å². The van der Waals surface area contributed by atoms with Crippen LogP contribution in [0.1, 0.15) is 162 Å². The van der Waals surface area contributed by atoms with E-state index in [1.807, 2.05) is 0 Å². The maximum atomic E-state index is 11.8. The molecule has 0 aliphatic rings. The van der Waals surface area contributed by atoms with E-state index < -0.39 is 0 Å². The second-order valence-electron chi connectivity index (χ2n) is 9.66. The van der Waals surface area contributed by atoms with Crippen LogP contribution in [0.5, 0.6) is 0 Å². The summed E-state index contributed by atoms with van der Waals surface area (Å²) in [4.78, 5) is 23.5. The molecular formula is C29H56O4. The van der Waals surface area contributed by atoms with E-state index in [2.05, 4.69) is 13.8 Å². The molecule has 0 unspecified atom stereocenters. The fourth-order valence-corrected chi connectivity index (χ4v) is 4.06. The van der Waals surface area contributed by atoms with Gasteiger partial charge in [0.05, 0.1) is 13.2 Å². The monoisotopic (exact) mass is 468 g/mol. The first-order chi connectivity index (χ1) is 16.2. The second-order valence-corrected chi connectivity index (χ2v) is 9.66. The summed E-state index contributed by atoms with van der Waals surface area (Å²) in [6.07, 6.45) is 26.1. The Morgan fingerprint density at radius 2 is 0.667 bits per heavy atom. The van der Waals surface area contributed by atoms with E-state index in [0.717, 1.165) is 51.4 Å². The van der Waals surface area contributed by atoms with Gasteiger partial charge in [-0.1, -0.05) is 123 Å². The summed E-state index contributed by atoms with van der Waals surface area (Å²) in [5, 5.41) is 0. The molecule has 0 spiro atoms. The molecule has 0 radical (unpaired) electrons. The molecule has 0 aliphatic carbocycles. The lowest BCUT2D eigenvalue weighted by Crippen LogP contribution is -2.06. The van der Waals surface area contributed by atoms with E-state index >= 15 is 0 Å². The Morgan fingerprint density at radius 3 is 1.00 bits per heavy atom. The molecule has 0 saturated heterocycles. The standard InChI is InChI=1S/C29H56O4/c1-3-5-7-9-11-12-15-19-23-27-33-29(31)25-21-17-14-13-16-20-24-28(30)32-26-22-18-10-8-6-4-2/h3-27H2,1-2H3. The van der Waals surface area contributed by atoms with Crippen molar-refractivity contribution in [1.29, 1.82) is 0 Å². The van der Waals surface area contributed by atoms with Crippen LogP contribution in [0.4, 0.5) is 0 Å². The van der Waals surface area contributed by atoms with Crippen molar-refractivity contribution in [2.45, 2.75) is 162 Å². The largest absolute Gasteiger partial charge is 0.466 e. The van der Waals surface area contributed by atoms with Crippen molar-refractivity contribution in [1.82, 2.24) is 0 Å². The van der Waals surface area contributed by atoms with Gasteiger partial charge in [0.15, 0.2) is 0 Å². The third-order valence-electron chi connectivity index (χ3n) is 6.28. The van der Waals surface area contributed by atoms with Crippen LogP contribution in [-0.4, -0.2) is 25.2 Å². The molecule has 0 aromatic carbocycles. The molecule has 0 rings (SSSR count). The molecule has 0 fully saturated rings.